The number of rotatable bonds is 7. The number of furan rings is 1. The average molecular weight is 356 g/mol. The fourth-order valence-electron chi connectivity index (χ4n) is 2.58. The molecule has 0 atom stereocenters. The number of thioether (sulfide) groups is 1. The minimum Gasteiger partial charge on any atom is -0.461 e. The summed E-state index contributed by atoms with van der Waals surface area (Å²) in [4.78, 5) is 14.4. The summed E-state index contributed by atoms with van der Waals surface area (Å²) in [5.74, 6) is 1.70. The van der Waals surface area contributed by atoms with E-state index < -0.39 is 0 Å². The van der Waals surface area contributed by atoms with Gasteiger partial charge in [-0.05, 0) is 38.1 Å². The fraction of sp³-hybridized carbons (Fsp3) is 0.278. The van der Waals surface area contributed by atoms with Gasteiger partial charge in [0.05, 0.1) is 12.0 Å². The first-order valence-electron chi connectivity index (χ1n) is 8.19. The summed E-state index contributed by atoms with van der Waals surface area (Å²) in [6.07, 6.45) is 1.61. The Morgan fingerprint density at radius 3 is 2.60 bits per heavy atom. The summed E-state index contributed by atoms with van der Waals surface area (Å²) in [7, 11) is 0. The normalized spacial score (nSPS) is 10.8. The number of hydrogen-bond acceptors (Lipinski definition) is 5. The zero-order valence-corrected chi connectivity index (χ0v) is 15.1. The summed E-state index contributed by atoms with van der Waals surface area (Å²) >= 11 is 1.39. The lowest BCUT2D eigenvalue weighted by Gasteiger charge is -2.20. The molecule has 1 amide bonds. The van der Waals surface area contributed by atoms with Crippen molar-refractivity contribution in [1.29, 1.82) is 0 Å². The Labute approximate surface area is 150 Å². The van der Waals surface area contributed by atoms with Crippen LogP contribution in [0.2, 0.25) is 0 Å². The van der Waals surface area contributed by atoms with Crippen LogP contribution >= 0.6 is 11.8 Å². The van der Waals surface area contributed by atoms with Crippen LogP contribution in [0, 0.1) is 0 Å². The van der Waals surface area contributed by atoms with Crippen molar-refractivity contribution in [2.45, 2.75) is 25.5 Å². The minimum absolute atomic E-state index is 0.0453. The van der Waals surface area contributed by atoms with E-state index >= 15 is 0 Å². The summed E-state index contributed by atoms with van der Waals surface area (Å²) < 4.78 is 7.36. The van der Waals surface area contributed by atoms with Crippen molar-refractivity contribution < 1.29 is 9.21 Å². The van der Waals surface area contributed by atoms with Crippen LogP contribution in [0.15, 0.2) is 58.3 Å². The van der Waals surface area contributed by atoms with Gasteiger partial charge in [0.25, 0.3) is 0 Å². The smallest absolute Gasteiger partial charge is 0.237 e. The maximum atomic E-state index is 12.6. The van der Waals surface area contributed by atoms with Crippen molar-refractivity contribution in [3.8, 4) is 11.6 Å². The molecule has 0 saturated carbocycles. The molecule has 3 rings (SSSR count). The molecule has 0 spiro atoms. The van der Waals surface area contributed by atoms with Gasteiger partial charge in [0, 0.05) is 18.8 Å². The number of aromatic nitrogens is 3. The predicted octanol–water partition coefficient (Wildman–Crippen LogP) is 3.70. The van der Waals surface area contributed by atoms with Crippen molar-refractivity contribution in [2.24, 2.45) is 0 Å². The van der Waals surface area contributed by atoms with E-state index in [0.29, 0.717) is 35.6 Å². The van der Waals surface area contributed by atoms with E-state index in [9.17, 15) is 4.79 Å². The van der Waals surface area contributed by atoms with E-state index in [-0.39, 0.29) is 5.91 Å². The monoisotopic (exact) mass is 356 g/mol. The number of hydrogen-bond donors (Lipinski definition) is 0. The Morgan fingerprint density at radius 2 is 1.96 bits per heavy atom. The molecule has 0 N–H and O–H groups in total. The van der Waals surface area contributed by atoms with Gasteiger partial charge in [-0.2, -0.15) is 0 Å². The van der Waals surface area contributed by atoms with Gasteiger partial charge < -0.3 is 9.32 Å². The van der Waals surface area contributed by atoms with Crippen LogP contribution in [-0.2, 0) is 11.3 Å². The highest BCUT2D eigenvalue weighted by atomic mass is 32.2. The van der Waals surface area contributed by atoms with Crippen LogP contribution in [0.4, 0.5) is 5.69 Å². The van der Waals surface area contributed by atoms with E-state index in [4.69, 9.17) is 4.42 Å². The van der Waals surface area contributed by atoms with Gasteiger partial charge in [-0.15, -0.1) is 10.2 Å². The molecule has 0 saturated heterocycles. The Bertz CT molecular complexity index is 815. The van der Waals surface area contributed by atoms with Crippen molar-refractivity contribution in [3.05, 3.63) is 48.7 Å². The summed E-state index contributed by atoms with van der Waals surface area (Å²) in [5.41, 5.74) is 0.906. The zero-order chi connectivity index (χ0) is 17.6. The van der Waals surface area contributed by atoms with Crippen LogP contribution in [0.3, 0.4) is 0 Å². The van der Waals surface area contributed by atoms with Crippen LogP contribution in [0.5, 0.6) is 0 Å². The molecule has 7 heteroatoms. The number of anilines is 1. The SMILES string of the molecule is CCN(C(=O)CSc1nnc(-c2ccco2)n1CC)c1ccccc1. The van der Waals surface area contributed by atoms with Crippen LogP contribution in [0.1, 0.15) is 13.8 Å². The van der Waals surface area contributed by atoms with Crippen LogP contribution in [0.25, 0.3) is 11.6 Å². The van der Waals surface area contributed by atoms with Gasteiger partial charge in [-0.1, -0.05) is 30.0 Å². The molecule has 6 nitrogen and oxygen atoms in total. The summed E-state index contributed by atoms with van der Waals surface area (Å²) in [6, 6.07) is 13.4. The third-order valence-electron chi connectivity index (χ3n) is 3.78. The zero-order valence-electron chi connectivity index (χ0n) is 14.3. The first-order valence-corrected chi connectivity index (χ1v) is 9.18. The second kappa shape index (κ2) is 8.02. The first-order chi connectivity index (χ1) is 12.2. The van der Waals surface area contributed by atoms with Crippen molar-refractivity contribution in [1.82, 2.24) is 14.8 Å². The van der Waals surface area contributed by atoms with E-state index in [2.05, 4.69) is 10.2 Å². The van der Waals surface area contributed by atoms with Gasteiger partial charge in [-0.3, -0.25) is 9.36 Å². The molecule has 1 aromatic carbocycles. The van der Waals surface area contributed by atoms with E-state index in [1.807, 2.05) is 60.9 Å². The molecule has 2 aromatic heterocycles. The maximum Gasteiger partial charge on any atom is 0.237 e. The quantitative estimate of drug-likeness (QED) is 0.604. The van der Waals surface area contributed by atoms with Crippen molar-refractivity contribution in [3.63, 3.8) is 0 Å². The molecule has 25 heavy (non-hydrogen) atoms. The Morgan fingerprint density at radius 1 is 1.16 bits per heavy atom. The Balaban J connectivity index is 1.72. The average Bonchev–Trinajstić information content (AvgIpc) is 3.30. The highest BCUT2D eigenvalue weighted by Gasteiger charge is 2.18. The molecule has 0 unspecified atom stereocenters. The summed E-state index contributed by atoms with van der Waals surface area (Å²) in [5, 5.41) is 9.14. The standard InChI is InChI=1S/C18H20N4O2S/c1-3-21(14-9-6-5-7-10-14)16(23)13-25-18-20-19-17(22(18)4-2)15-11-8-12-24-15/h5-12H,3-4,13H2,1-2H3. The van der Waals surface area contributed by atoms with Gasteiger partial charge in [0.15, 0.2) is 16.7 Å². The molecule has 0 radical (unpaired) electrons. The van der Waals surface area contributed by atoms with Crippen LogP contribution in [-0.4, -0.2) is 33.0 Å². The van der Waals surface area contributed by atoms with E-state index in [1.54, 1.807) is 11.2 Å². The lowest BCUT2D eigenvalue weighted by Crippen LogP contribution is -2.32. The second-order valence-electron chi connectivity index (χ2n) is 5.29. The Hall–Kier alpha value is -2.54. The van der Waals surface area contributed by atoms with Gasteiger partial charge in [0.2, 0.25) is 5.91 Å². The molecule has 0 aliphatic carbocycles. The minimum atomic E-state index is 0.0453. The molecule has 0 aliphatic rings. The van der Waals surface area contributed by atoms with E-state index in [1.165, 1.54) is 11.8 Å². The number of nitrogens with zero attached hydrogens (tertiary/aromatic N) is 4. The number of benzene rings is 1. The Kier molecular flexibility index (Phi) is 5.55. The molecular weight excluding hydrogens is 336 g/mol. The molecule has 2 heterocycles. The third kappa shape index (κ3) is 3.76. The molecule has 0 bridgehead atoms. The van der Waals surface area contributed by atoms with Gasteiger partial charge in [-0.25, -0.2) is 0 Å². The molecule has 0 aliphatic heterocycles. The maximum absolute atomic E-state index is 12.6. The number of carbonyl (C=O) groups excluding carboxylic acids is 1. The highest BCUT2D eigenvalue weighted by Crippen LogP contribution is 2.25. The molecular formula is C18H20N4O2S. The molecule has 0 fully saturated rings. The highest BCUT2D eigenvalue weighted by molar-refractivity contribution is 7.99. The van der Waals surface area contributed by atoms with Crippen molar-refractivity contribution in [2.75, 3.05) is 17.2 Å². The van der Waals surface area contributed by atoms with Gasteiger partial charge in [0.1, 0.15) is 0 Å². The lowest BCUT2D eigenvalue weighted by molar-refractivity contribution is -0.116. The third-order valence-corrected chi connectivity index (χ3v) is 4.74. The van der Waals surface area contributed by atoms with Gasteiger partial charge >= 0.3 is 0 Å². The number of carbonyl (C=O) groups is 1. The fourth-order valence-corrected chi connectivity index (χ4v) is 3.46. The molecule has 130 valence electrons. The topological polar surface area (TPSA) is 64.2 Å². The lowest BCUT2D eigenvalue weighted by atomic mass is 10.3. The van der Waals surface area contributed by atoms with Crippen LogP contribution < -0.4 is 4.90 Å². The molecule has 3 aromatic rings. The largest absolute Gasteiger partial charge is 0.461 e. The van der Waals surface area contributed by atoms with Crippen molar-refractivity contribution >= 4 is 23.4 Å². The second-order valence-corrected chi connectivity index (χ2v) is 6.23. The number of amides is 1. The predicted molar refractivity (Wildman–Crippen MR) is 98.6 cm³/mol. The summed E-state index contributed by atoms with van der Waals surface area (Å²) in [6.45, 7) is 5.32. The van der Waals surface area contributed by atoms with E-state index in [0.717, 1.165) is 5.69 Å². The first kappa shape index (κ1) is 17.3. The number of para-hydroxylation sites is 1.